The summed E-state index contributed by atoms with van der Waals surface area (Å²) >= 11 is 1.67. The molecule has 3 rings (SSSR count). The maximum absolute atomic E-state index is 12.1. The number of para-hydroxylation sites is 2. The van der Waals surface area contributed by atoms with Gasteiger partial charge in [-0.3, -0.25) is 4.79 Å². The largest absolute Gasteiger partial charge is 0.485 e. The summed E-state index contributed by atoms with van der Waals surface area (Å²) in [5.41, 5.74) is 3.39. The molecule has 0 radical (unpaired) electrons. The summed E-state index contributed by atoms with van der Waals surface area (Å²) in [6.07, 6.45) is 2.91. The van der Waals surface area contributed by atoms with Crippen LogP contribution in [-0.4, -0.2) is 31.1 Å². The van der Waals surface area contributed by atoms with Crippen molar-refractivity contribution < 1.29 is 14.3 Å². The van der Waals surface area contributed by atoms with Crippen molar-refractivity contribution in [1.29, 1.82) is 0 Å². The van der Waals surface area contributed by atoms with E-state index in [9.17, 15) is 4.79 Å². The van der Waals surface area contributed by atoms with Gasteiger partial charge >= 0.3 is 0 Å². The van der Waals surface area contributed by atoms with Crippen LogP contribution >= 0.6 is 11.8 Å². The molecule has 0 spiro atoms. The van der Waals surface area contributed by atoms with Gasteiger partial charge in [0.05, 0.1) is 6.21 Å². The van der Waals surface area contributed by atoms with E-state index in [1.165, 1.54) is 4.90 Å². The number of ether oxygens (including phenoxy) is 2. The first kappa shape index (κ1) is 15.4. The summed E-state index contributed by atoms with van der Waals surface area (Å²) in [4.78, 5) is 13.2. The summed E-state index contributed by atoms with van der Waals surface area (Å²) < 4.78 is 11.1. The quantitative estimate of drug-likeness (QED) is 0.532. The van der Waals surface area contributed by atoms with Crippen molar-refractivity contribution in [3.63, 3.8) is 0 Å². The number of fused-ring (bicyclic) bond motifs is 1. The van der Waals surface area contributed by atoms with Gasteiger partial charge in [-0.1, -0.05) is 24.3 Å². The molecular formula is C17H16N2O3S. The Bertz CT molecular complexity index is 716. The van der Waals surface area contributed by atoms with Crippen molar-refractivity contribution in [3.05, 3.63) is 54.1 Å². The van der Waals surface area contributed by atoms with Gasteiger partial charge < -0.3 is 9.47 Å². The highest BCUT2D eigenvalue weighted by molar-refractivity contribution is 7.98. The Morgan fingerprint density at radius 2 is 1.96 bits per heavy atom. The van der Waals surface area contributed by atoms with Crippen molar-refractivity contribution >= 4 is 23.9 Å². The lowest BCUT2D eigenvalue weighted by Crippen LogP contribution is -2.42. The number of amides is 1. The van der Waals surface area contributed by atoms with Crippen LogP contribution in [0.2, 0.25) is 0 Å². The molecule has 1 atom stereocenters. The third-order valence-corrected chi connectivity index (χ3v) is 4.05. The molecule has 1 amide bonds. The summed E-state index contributed by atoms with van der Waals surface area (Å²) in [6.45, 7) is 0.167. The molecule has 1 N–H and O–H groups in total. The number of rotatable bonds is 4. The molecule has 118 valence electrons. The van der Waals surface area contributed by atoms with Gasteiger partial charge in [0.25, 0.3) is 5.91 Å². The number of hydrazone groups is 1. The van der Waals surface area contributed by atoms with Gasteiger partial charge in [-0.2, -0.15) is 5.10 Å². The van der Waals surface area contributed by atoms with Gasteiger partial charge in [0.1, 0.15) is 6.61 Å². The molecule has 0 saturated heterocycles. The summed E-state index contributed by atoms with van der Waals surface area (Å²) in [7, 11) is 0. The Hall–Kier alpha value is -2.47. The molecule has 1 aliphatic heterocycles. The molecule has 0 bridgehead atoms. The first-order chi connectivity index (χ1) is 11.3. The van der Waals surface area contributed by atoms with E-state index in [1.54, 1.807) is 30.1 Å². The number of carbonyl (C=O) groups excluding carboxylic acids is 1. The van der Waals surface area contributed by atoms with Crippen molar-refractivity contribution in [3.8, 4) is 11.5 Å². The Balaban J connectivity index is 1.56. The molecule has 0 saturated carbocycles. The number of hydrogen-bond donors (Lipinski definition) is 1. The van der Waals surface area contributed by atoms with Crippen LogP contribution in [0.15, 0.2) is 58.5 Å². The monoisotopic (exact) mass is 328 g/mol. The predicted octanol–water partition coefficient (Wildman–Crippen LogP) is 2.70. The number of nitrogens with zero attached hydrogens (tertiary/aromatic N) is 1. The molecule has 0 fully saturated rings. The Morgan fingerprint density at radius 1 is 1.22 bits per heavy atom. The molecule has 0 aromatic heterocycles. The SMILES string of the molecule is CSc1ccc(C=NNC(=O)[C@@H]2COc3ccccc3O2)cc1. The molecule has 5 nitrogen and oxygen atoms in total. The van der Waals surface area contributed by atoms with E-state index >= 15 is 0 Å². The zero-order valence-corrected chi connectivity index (χ0v) is 13.4. The van der Waals surface area contributed by atoms with Gasteiger partial charge in [-0.05, 0) is 36.1 Å². The number of carbonyl (C=O) groups is 1. The van der Waals surface area contributed by atoms with Crippen LogP contribution in [0.4, 0.5) is 0 Å². The lowest BCUT2D eigenvalue weighted by molar-refractivity contribution is -0.130. The Labute approximate surface area is 138 Å². The molecule has 1 heterocycles. The fourth-order valence-corrected chi connectivity index (χ4v) is 2.49. The van der Waals surface area contributed by atoms with Crippen molar-refractivity contribution in [2.24, 2.45) is 5.10 Å². The van der Waals surface area contributed by atoms with E-state index in [4.69, 9.17) is 9.47 Å². The van der Waals surface area contributed by atoms with Gasteiger partial charge in [0, 0.05) is 4.90 Å². The van der Waals surface area contributed by atoms with Gasteiger partial charge in [0.2, 0.25) is 6.10 Å². The Kier molecular flexibility index (Phi) is 4.83. The van der Waals surface area contributed by atoms with Crippen LogP contribution in [0.3, 0.4) is 0 Å². The number of thioether (sulfide) groups is 1. The highest BCUT2D eigenvalue weighted by Gasteiger charge is 2.26. The van der Waals surface area contributed by atoms with Crippen LogP contribution < -0.4 is 14.9 Å². The average Bonchev–Trinajstić information content (AvgIpc) is 2.61. The van der Waals surface area contributed by atoms with E-state index in [0.717, 1.165) is 5.56 Å². The second-order valence-corrected chi connectivity index (χ2v) is 5.75. The fourth-order valence-electron chi connectivity index (χ4n) is 2.08. The number of benzene rings is 2. The van der Waals surface area contributed by atoms with Gasteiger partial charge in [-0.15, -0.1) is 11.8 Å². The first-order valence-corrected chi connectivity index (χ1v) is 8.34. The van der Waals surface area contributed by atoms with Crippen LogP contribution in [0.25, 0.3) is 0 Å². The topological polar surface area (TPSA) is 59.9 Å². The lowest BCUT2D eigenvalue weighted by Gasteiger charge is -2.24. The predicted molar refractivity (Wildman–Crippen MR) is 90.3 cm³/mol. The second-order valence-electron chi connectivity index (χ2n) is 4.87. The van der Waals surface area contributed by atoms with Gasteiger partial charge in [-0.25, -0.2) is 5.43 Å². The maximum Gasteiger partial charge on any atom is 0.284 e. The number of nitrogens with one attached hydrogen (secondary N) is 1. The van der Waals surface area contributed by atoms with E-state index in [-0.39, 0.29) is 12.5 Å². The van der Waals surface area contributed by atoms with E-state index in [2.05, 4.69) is 10.5 Å². The van der Waals surface area contributed by atoms with Crippen molar-refractivity contribution in [1.82, 2.24) is 5.43 Å². The molecule has 0 aliphatic carbocycles. The van der Waals surface area contributed by atoms with Crippen LogP contribution in [-0.2, 0) is 4.79 Å². The minimum Gasteiger partial charge on any atom is -0.485 e. The van der Waals surface area contributed by atoms with Crippen molar-refractivity contribution in [2.45, 2.75) is 11.0 Å². The smallest absolute Gasteiger partial charge is 0.284 e. The Morgan fingerprint density at radius 3 is 2.70 bits per heavy atom. The molecule has 0 unspecified atom stereocenters. The minimum atomic E-state index is -0.707. The molecular weight excluding hydrogens is 312 g/mol. The van der Waals surface area contributed by atoms with Crippen LogP contribution in [0, 0.1) is 0 Å². The number of hydrogen-bond acceptors (Lipinski definition) is 5. The van der Waals surface area contributed by atoms with E-state index < -0.39 is 6.10 Å². The standard InChI is InChI=1S/C17H16N2O3S/c1-23-13-8-6-12(7-9-13)10-18-19-17(20)16-11-21-14-4-2-3-5-15(14)22-16/h2-10,16H,11H2,1H3,(H,19,20)/t16-/m0/s1. The zero-order chi connectivity index (χ0) is 16.1. The normalized spacial score (nSPS) is 16.3. The van der Waals surface area contributed by atoms with Crippen LogP contribution in [0.5, 0.6) is 11.5 Å². The summed E-state index contributed by atoms with van der Waals surface area (Å²) in [6, 6.07) is 15.2. The zero-order valence-electron chi connectivity index (χ0n) is 12.6. The molecule has 2 aromatic rings. The van der Waals surface area contributed by atoms with Crippen molar-refractivity contribution in [2.75, 3.05) is 12.9 Å². The average molecular weight is 328 g/mol. The highest BCUT2D eigenvalue weighted by atomic mass is 32.2. The third-order valence-electron chi connectivity index (χ3n) is 3.31. The molecule has 23 heavy (non-hydrogen) atoms. The maximum atomic E-state index is 12.1. The molecule has 2 aromatic carbocycles. The fraction of sp³-hybridized carbons (Fsp3) is 0.176. The lowest BCUT2D eigenvalue weighted by atomic mass is 10.2. The van der Waals surface area contributed by atoms with E-state index in [0.29, 0.717) is 11.5 Å². The second kappa shape index (κ2) is 7.19. The third kappa shape index (κ3) is 3.84. The minimum absolute atomic E-state index is 0.167. The molecule has 6 heteroatoms. The first-order valence-electron chi connectivity index (χ1n) is 7.12. The van der Waals surface area contributed by atoms with Crippen LogP contribution in [0.1, 0.15) is 5.56 Å². The van der Waals surface area contributed by atoms with Gasteiger partial charge in [0.15, 0.2) is 11.5 Å². The highest BCUT2D eigenvalue weighted by Crippen LogP contribution is 2.30. The van der Waals surface area contributed by atoms with E-state index in [1.807, 2.05) is 42.7 Å². The summed E-state index contributed by atoms with van der Waals surface area (Å²) in [5.74, 6) is 0.876. The summed E-state index contributed by atoms with van der Waals surface area (Å²) in [5, 5.41) is 3.96. The molecule has 1 aliphatic rings.